The molecule has 0 aliphatic rings. The van der Waals surface area contributed by atoms with Gasteiger partial charge in [0.2, 0.25) is 0 Å². The molecule has 2 N–H and O–H groups in total. The first-order valence-electron chi connectivity index (χ1n) is 4.41. The molecule has 1 aromatic rings. The predicted octanol–water partition coefficient (Wildman–Crippen LogP) is -0.751. The molecule has 0 atom stereocenters. The summed E-state index contributed by atoms with van der Waals surface area (Å²) in [5, 5.41) is 7.18. The molecule has 1 rings (SSSR count). The van der Waals surface area contributed by atoms with Gasteiger partial charge in [-0.3, -0.25) is 9.59 Å². The van der Waals surface area contributed by atoms with Gasteiger partial charge >= 0.3 is 5.97 Å². The number of nitrogens with two attached hydrogens (primary N) is 1. The van der Waals surface area contributed by atoms with Gasteiger partial charge in [0, 0.05) is 0 Å². The summed E-state index contributed by atoms with van der Waals surface area (Å²) in [5.41, 5.74) is 5.57. The summed E-state index contributed by atoms with van der Waals surface area (Å²) in [6, 6.07) is 0. The molecule has 0 spiro atoms. The molecule has 7 nitrogen and oxygen atoms in total. The molecule has 0 aliphatic heterocycles. The number of carbonyl (C=O) groups excluding carboxylic acids is 2. The van der Waals surface area contributed by atoms with Gasteiger partial charge in [0.05, 0.1) is 12.3 Å². The van der Waals surface area contributed by atoms with Crippen LogP contribution in [-0.4, -0.2) is 33.5 Å². The highest BCUT2D eigenvalue weighted by Crippen LogP contribution is 2.02. The lowest BCUT2D eigenvalue weighted by atomic mass is 10.3. The van der Waals surface area contributed by atoms with Crippen LogP contribution in [0.15, 0.2) is 0 Å². The van der Waals surface area contributed by atoms with E-state index in [4.69, 9.17) is 10.5 Å². The molecule has 0 fully saturated rings. The fourth-order valence-electron chi connectivity index (χ4n) is 1.07. The Kier molecular flexibility index (Phi) is 3.37. The van der Waals surface area contributed by atoms with Gasteiger partial charge in [-0.25, -0.2) is 4.68 Å². The van der Waals surface area contributed by atoms with Crippen molar-refractivity contribution in [1.82, 2.24) is 15.0 Å². The number of rotatable bonds is 4. The molecule has 0 saturated carbocycles. The van der Waals surface area contributed by atoms with Crippen LogP contribution in [0.5, 0.6) is 0 Å². The number of nitrogens with zero attached hydrogens (tertiary/aromatic N) is 3. The quantitative estimate of drug-likeness (QED) is 0.662. The first-order chi connectivity index (χ1) is 7.06. The number of carbonyl (C=O) groups is 2. The van der Waals surface area contributed by atoms with E-state index in [1.165, 1.54) is 4.68 Å². The molecular formula is C8H12N4O3. The number of hydrogen-bond donors (Lipinski definition) is 1. The Labute approximate surface area is 86.2 Å². The number of hydrogen-bond acceptors (Lipinski definition) is 5. The Morgan fingerprint density at radius 1 is 1.53 bits per heavy atom. The molecule has 7 heteroatoms. The Hall–Kier alpha value is -1.92. The lowest BCUT2D eigenvalue weighted by Crippen LogP contribution is -2.17. The van der Waals surface area contributed by atoms with Crippen molar-refractivity contribution in [2.45, 2.75) is 20.4 Å². The van der Waals surface area contributed by atoms with Crippen LogP contribution < -0.4 is 5.73 Å². The minimum absolute atomic E-state index is 0.0688. The molecule has 82 valence electrons. The van der Waals surface area contributed by atoms with Crippen LogP contribution in [-0.2, 0) is 16.1 Å². The smallest absolute Gasteiger partial charge is 0.327 e. The average Bonchev–Trinajstić information content (AvgIpc) is 2.48. The summed E-state index contributed by atoms with van der Waals surface area (Å²) in [7, 11) is 0. The van der Waals surface area contributed by atoms with E-state index in [-0.39, 0.29) is 12.2 Å². The van der Waals surface area contributed by atoms with Crippen molar-refractivity contribution >= 4 is 11.9 Å². The number of aromatic nitrogens is 3. The normalized spacial score (nSPS) is 10.0. The van der Waals surface area contributed by atoms with Gasteiger partial charge in [-0.2, -0.15) is 0 Å². The SMILES string of the molecule is CCOC(=O)Cn1nnc(C(N)=O)c1C. The average molecular weight is 212 g/mol. The fourth-order valence-corrected chi connectivity index (χ4v) is 1.07. The minimum Gasteiger partial charge on any atom is -0.465 e. The number of primary amides is 1. The molecule has 15 heavy (non-hydrogen) atoms. The van der Waals surface area contributed by atoms with Gasteiger partial charge in [-0.1, -0.05) is 5.21 Å². The van der Waals surface area contributed by atoms with E-state index in [0.717, 1.165) is 0 Å². The molecule has 0 bridgehead atoms. The second-order valence-electron chi connectivity index (χ2n) is 2.85. The van der Waals surface area contributed by atoms with E-state index >= 15 is 0 Å². The molecule has 1 heterocycles. The first kappa shape index (κ1) is 11.2. The molecule has 0 aromatic carbocycles. The highest BCUT2D eigenvalue weighted by molar-refractivity contribution is 5.91. The van der Waals surface area contributed by atoms with Gasteiger partial charge in [0.15, 0.2) is 5.69 Å². The molecule has 0 aliphatic carbocycles. The summed E-state index contributed by atoms with van der Waals surface area (Å²) in [4.78, 5) is 22.0. The molecule has 0 radical (unpaired) electrons. The van der Waals surface area contributed by atoms with Crippen molar-refractivity contribution in [3.05, 3.63) is 11.4 Å². The van der Waals surface area contributed by atoms with Gasteiger partial charge < -0.3 is 10.5 Å². The van der Waals surface area contributed by atoms with Crippen molar-refractivity contribution in [2.24, 2.45) is 5.73 Å². The van der Waals surface area contributed by atoms with E-state index < -0.39 is 11.9 Å². The Balaban J connectivity index is 2.79. The van der Waals surface area contributed by atoms with E-state index in [2.05, 4.69) is 10.3 Å². The van der Waals surface area contributed by atoms with Gasteiger partial charge in [0.1, 0.15) is 6.54 Å². The monoisotopic (exact) mass is 212 g/mol. The zero-order valence-corrected chi connectivity index (χ0v) is 8.56. The zero-order chi connectivity index (χ0) is 11.4. The van der Waals surface area contributed by atoms with Crippen LogP contribution >= 0.6 is 0 Å². The van der Waals surface area contributed by atoms with Crippen LogP contribution in [0.1, 0.15) is 23.1 Å². The second kappa shape index (κ2) is 4.54. The lowest BCUT2D eigenvalue weighted by molar-refractivity contribution is -0.144. The topological polar surface area (TPSA) is 100 Å². The van der Waals surface area contributed by atoms with Crippen molar-refractivity contribution < 1.29 is 14.3 Å². The maximum absolute atomic E-state index is 11.1. The molecular weight excluding hydrogens is 200 g/mol. The Bertz CT molecular complexity index is 385. The summed E-state index contributed by atoms with van der Waals surface area (Å²) in [6.45, 7) is 3.55. The number of ether oxygens (including phenoxy) is 1. The van der Waals surface area contributed by atoms with Crippen LogP contribution in [0, 0.1) is 6.92 Å². The third-order valence-corrected chi connectivity index (χ3v) is 1.80. The Morgan fingerprint density at radius 3 is 2.67 bits per heavy atom. The summed E-state index contributed by atoms with van der Waals surface area (Å²) < 4.78 is 6.00. The second-order valence-corrected chi connectivity index (χ2v) is 2.85. The number of amides is 1. The third-order valence-electron chi connectivity index (χ3n) is 1.80. The minimum atomic E-state index is -0.664. The largest absolute Gasteiger partial charge is 0.465 e. The van der Waals surface area contributed by atoms with Gasteiger partial charge in [0.25, 0.3) is 5.91 Å². The fraction of sp³-hybridized carbons (Fsp3) is 0.500. The van der Waals surface area contributed by atoms with Crippen LogP contribution in [0.25, 0.3) is 0 Å². The predicted molar refractivity (Wildman–Crippen MR) is 49.9 cm³/mol. The maximum Gasteiger partial charge on any atom is 0.327 e. The van der Waals surface area contributed by atoms with E-state index in [1.807, 2.05) is 0 Å². The molecule has 1 aromatic heterocycles. The Morgan fingerprint density at radius 2 is 2.20 bits per heavy atom. The lowest BCUT2D eigenvalue weighted by Gasteiger charge is -2.02. The summed E-state index contributed by atoms with van der Waals surface area (Å²) in [5.74, 6) is -1.09. The highest BCUT2D eigenvalue weighted by atomic mass is 16.5. The standard InChI is InChI=1S/C8H12N4O3/c1-3-15-6(13)4-12-5(2)7(8(9)14)10-11-12/h3-4H2,1-2H3,(H2,9,14). The highest BCUT2D eigenvalue weighted by Gasteiger charge is 2.15. The van der Waals surface area contributed by atoms with Gasteiger partial charge in [-0.05, 0) is 13.8 Å². The van der Waals surface area contributed by atoms with E-state index in [9.17, 15) is 9.59 Å². The molecule has 1 amide bonds. The molecule has 0 unspecified atom stereocenters. The first-order valence-corrected chi connectivity index (χ1v) is 4.41. The maximum atomic E-state index is 11.1. The van der Waals surface area contributed by atoms with Gasteiger partial charge in [-0.15, -0.1) is 5.10 Å². The van der Waals surface area contributed by atoms with E-state index in [1.54, 1.807) is 13.8 Å². The summed E-state index contributed by atoms with van der Waals surface area (Å²) >= 11 is 0. The van der Waals surface area contributed by atoms with E-state index in [0.29, 0.717) is 12.3 Å². The zero-order valence-electron chi connectivity index (χ0n) is 8.56. The third kappa shape index (κ3) is 2.52. The van der Waals surface area contributed by atoms with Crippen molar-refractivity contribution in [3.8, 4) is 0 Å². The summed E-state index contributed by atoms with van der Waals surface area (Å²) in [6.07, 6.45) is 0. The molecule has 0 saturated heterocycles. The number of esters is 1. The van der Waals surface area contributed by atoms with Crippen molar-refractivity contribution in [2.75, 3.05) is 6.61 Å². The van der Waals surface area contributed by atoms with Crippen LogP contribution in [0.2, 0.25) is 0 Å². The van der Waals surface area contributed by atoms with Crippen molar-refractivity contribution in [1.29, 1.82) is 0 Å². The van der Waals surface area contributed by atoms with Crippen molar-refractivity contribution in [3.63, 3.8) is 0 Å². The van der Waals surface area contributed by atoms with Crippen LogP contribution in [0.4, 0.5) is 0 Å². The van der Waals surface area contributed by atoms with Crippen LogP contribution in [0.3, 0.4) is 0 Å².